The number of aliphatic hydroxyl groups is 5. The standard InChI is InChI=1S/C63H115NO10/c1-4-7-10-13-16-19-22-24-25-26-27-28-29-30-31-32-33-34-36-39-42-45-48-51-58(68)74-61-60(70)59(69)57(52-65)73-63(61)72-53-54(55(66)49-46-43-40-38-35-23-20-17-14-11-8-5-2)64-62(71)56(67)50-47-44-41-37-21-18-15-12-9-6-3/h15-16,18-19,24-25,46,49,54-57,59-61,63,65-67,69-70H,4-14,17,20-23,26-45,47-48,50-53H2,1-3H3,(H,64,71)/b18-15-,19-16-,25-24-,49-46+. The minimum absolute atomic E-state index is 0.123. The normalized spacial score (nSPS) is 19.6. The third-order valence-electron chi connectivity index (χ3n) is 14.5. The van der Waals surface area contributed by atoms with Crippen molar-refractivity contribution in [3.05, 3.63) is 48.6 Å². The van der Waals surface area contributed by atoms with Gasteiger partial charge in [-0.05, 0) is 77.0 Å². The van der Waals surface area contributed by atoms with E-state index < -0.39 is 67.4 Å². The maximum absolute atomic E-state index is 13.3. The number of ether oxygens (including phenoxy) is 3. The highest BCUT2D eigenvalue weighted by atomic mass is 16.7. The molecule has 1 saturated heterocycles. The van der Waals surface area contributed by atoms with Crippen LogP contribution in [-0.4, -0.2) is 99.6 Å². The zero-order valence-corrected chi connectivity index (χ0v) is 47.7. The molecule has 0 spiro atoms. The monoisotopic (exact) mass is 1050 g/mol. The number of rotatable bonds is 52. The van der Waals surface area contributed by atoms with E-state index in [2.05, 4.69) is 62.5 Å². The lowest BCUT2D eigenvalue weighted by Crippen LogP contribution is -2.61. The van der Waals surface area contributed by atoms with Crippen molar-refractivity contribution in [2.24, 2.45) is 0 Å². The van der Waals surface area contributed by atoms with E-state index in [9.17, 15) is 35.1 Å². The molecule has 1 rings (SSSR count). The van der Waals surface area contributed by atoms with Crippen LogP contribution in [0, 0.1) is 0 Å². The summed E-state index contributed by atoms with van der Waals surface area (Å²) >= 11 is 0. The average Bonchev–Trinajstić information content (AvgIpc) is 3.40. The lowest BCUT2D eigenvalue weighted by Gasteiger charge is -2.41. The molecule has 0 aromatic heterocycles. The van der Waals surface area contributed by atoms with Crippen molar-refractivity contribution >= 4 is 11.9 Å². The molecule has 1 aliphatic rings. The van der Waals surface area contributed by atoms with Gasteiger partial charge < -0.3 is 45.1 Å². The summed E-state index contributed by atoms with van der Waals surface area (Å²) in [5.41, 5.74) is 0. The molecule has 0 aromatic carbocycles. The van der Waals surface area contributed by atoms with E-state index in [1.54, 1.807) is 6.08 Å². The van der Waals surface area contributed by atoms with Crippen molar-refractivity contribution in [1.29, 1.82) is 0 Å². The predicted octanol–water partition coefficient (Wildman–Crippen LogP) is 14.4. The lowest BCUT2D eigenvalue weighted by atomic mass is 9.99. The first-order valence-electron chi connectivity index (χ1n) is 30.9. The molecule has 11 heteroatoms. The topological polar surface area (TPSA) is 175 Å². The third kappa shape index (κ3) is 39.1. The van der Waals surface area contributed by atoms with Gasteiger partial charge in [0.05, 0.1) is 25.4 Å². The number of unbranched alkanes of at least 4 members (excludes halogenated alkanes) is 32. The van der Waals surface area contributed by atoms with Gasteiger partial charge in [-0.15, -0.1) is 0 Å². The Balaban J connectivity index is 2.60. The summed E-state index contributed by atoms with van der Waals surface area (Å²) in [6, 6.07) is -1.03. The molecule has 1 amide bonds. The van der Waals surface area contributed by atoms with Gasteiger partial charge in [0, 0.05) is 6.42 Å². The fraction of sp³-hybridized carbons (Fsp3) is 0.841. The molecule has 1 heterocycles. The van der Waals surface area contributed by atoms with Crippen LogP contribution >= 0.6 is 0 Å². The minimum atomic E-state index is -1.61. The van der Waals surface area contributed by atoms with Gasteiger partial charge in [-0.3, -0.25) is 9.59 Å². The molecule has 1 fully saturated rings. The van der Waals surface area contributed by atoms with Crippen LogP contribution in [0.15, 0.2) is 48.6 Å². The summed E-state index contributed by atoms with van der Waals surface area (Å²) in [6.45, 7) is 5.71. The Hall–Kier alpha value is -2.38. The van der Waals surface area contributed by atoms with Gasteiger partial charge in [-0.1, -0.05) is 243 Å². The summed E-state index contributed by atoms with van der Waals surface area (Å²) in [4.78, 5) is 26.5. The van der Waals surface area contributed by atoms with E-state index in [4.69, 9.17) is 14.2 Å². The number of amides is 1. The largest absolute Gasteiger partial charge is 0.454 e. The molecular formula is C63H115NO10. The molecule has 0 aliphatic carbocycles. The lowest BCUT2D eigenvalue weighted by molar-refractivity contribution is -0.305. The van der Waals surface area contributed by atoms with Gasteiger partial charge >= 0.3 is 5.97 Å². The van der Waals surface area contributed by atoms with Crippen LogP contribution in [0.1, 0.15) is 278 Å². The number of allylic oxidation sites excluding steroid dienone is 7. The smallest absolute Gasteiger partial charge is 0.306 e. The summed E-state index contributed by atoms with van der Waals surface area (Å²) in [6.07, 6.45) is 51.6. The fourth-order valence-corrected chi connectivity index (χ4v) is 9.49. The Morgan fingerprint density at radius 2 is 0.946 bits per heavy atom. The molecule has 0 aromatic rings. The van der Waals surface area contributed by atoms with E-state index in [1.165, 1.54) is 154 Å². The first kappa shape index (κ1) is 69.6. The van der Waals surface area contributed by atoms with Crippen LogP contribution in [0.3, 0.4) is 0 Å². The molecular weight excluding hydrogens is 931 g/mol. The highest BCUT2D eigenvalue weighted by Crippen LogP contribution is 2.26. The highest BCUT2D eigenvalue weighted by molar-refractivity contribution is 5.80. The Morgan fingerprint density at radius 3 is 1.46 bits per heavy atom. The van der Waals surface area contributed by atoms with Gasteiger partial charge in [0.1, 0.15) is 24.4 Å². The number of aliphatic hydroxyl groups excluding tert-OH is 5. The second-order valence-electron chi connectivity index (χ2n) is 21.4. The minimum Gasteiger partial charge on any atom is -0.454 e. The number of carbonyl (C=O) groups is 2. The van der Waals surface area contributed by atoms with Gasteiger partial charge in [0.2, 0.25) is 5.91 Å². The molecule has 0 saturated carbocycles. The van der Waals surface area contributed by atoms with E-state index in [1.807, 2.05) is 6.08 Å². The zero-order valence-electron chi connectivity index (χ0n) is 47.7. The highest BCUT2D eigenvalue weighted by Gasteiger charge is 2.47. The van der Waals surface area contributed by atoms with Crippen LogP contribution in [0.4, 0.5) is 0 Å². The Bertz CT molecular complexity index is 1390. The molecule has 432 valence electrons. The van der Waals surface area contributed by atoms with Crippen molar-refractivity contribution in [1.82, 2.24) is 5.32 Å². The summed E-state index contributed by atoms with van der Waals surface area (Å²) in [7, 11) is 0. The average molecular weight is 1050 g/mol. The number of hydrogen-bond acceptors (Lipinski definition) is 10. The van der Waals surface area contributed by atoms with Crippen molar-refractivity contribution in [3.63, 3.8) is 0 Å². The first-order chi connectivity index (χ1) is 36.2. The molecule has 0 bridgehead atoms. The van der Waals surface area contributed by atoms with Gasteiger partial charge in [-0.25, -0.2) is 0 Å². The van der Waals surface area contributed by atoms with Crippen molar-refractivity contribution in [2.45, 2.75) is 327 Å². The van der Waals surface area contributed by atoms with Crippen LogP contribution in [-0.2, 0) is 23.8 Å². The summed E-state index contributed by atoms with van der Waals surface area (Å²) < 4.78 is 17.6. The van der Waals surface area contributed by atoms with Gasteiger partial charge in [0.25, 0.3) is 0 Å². The fourth-order valence-electron chi connectivity index (χ4n) is 9.49. The van der Waals surface area contributed by atoms with Crippen LogP contribution < -0.4 is 5.32 Å². The molecule has 74 heavy (non-hydrogen) atoms. The van der Waals surface area contributed by atoms with Gasteiger partial charge in [0.15, 0.2) is 12.4 Å². The van der Waals surface area contributed by atoms with E-state index in [0.29, 0.717) is 12.8 Å². The molecule has 11 nitrogen and oxygen atoms in total. The van der Waals surface area contributed by atoms with Crippen molar-refractivity contribution in [2.75, 3.05) is 13.2 Å². The number of hydrogen-bond donors (Lipinski definition) is 6. The zero-order chi connectivity index (χ0) is 54.0. The SMILES string of the molecule is CCCC/C=C\CCCCCCC(O)C(=O)NC(COC1OC(CO)C(O)C(O)C1OC(=O)CCCCCCCCCCCCCCC/C=C\C/C=C\CCCCC)C(O)/C=C/CCCCCCCCCCCC. The second kappa shape index (κ2) is 51.4. The molecule has 1 aliphatic heterocycles. The molecule has 6 N–H and O–H groups in total. The third-order valence-corrected chi connectivity index (χ3v) is 14.5. The van der Waals surface area contributed by atoms with E-state index in [-0.39, 0.29) is 19.4 Å². The Kier molecular flexibility index (Phi) is 48.3. The quantitative estimate of drug-likeness (QED) is 0.0195. The first-order valence-corrected chi connectivity index (χ1v) is 30.9. The van der Waals surface area contributed by atoms with Crippen LogP contribution in [0.2, 0.25) is 0 Å². The van der Waals surface area contributed by atoms with Crippen LogP contribution in [0.25, 0.3) is 0 Å². The number of nitrogens with one attached hydrogen (secondary N) is 1. The predicted molar refractivity (Wildman–Crippen MR) is 306 cm³/mol. The van der Waals surface area contributed by atoms with Crippen LogP contribution in [0.5, 0.6) is 0 Å². The maximum atomic E-state index is 13.3. The maximum Gasteiger partial charge on any atom is 0.306 e. The van der Waals surface area contributed by atoms with E-state index >= 15 is 0 Å². The Morgan fingerprint density at radius 1 is 0.527 bits per heavy atom. The Labute approximate surface area is 453 Å². The molecule has 0 radical (unpaired) electrons. The summed E-state index contributed by atoms with van der Waals surface area (Å²) in [5, 5.41) is 56.8. The van der Waals surface area contributed by atoms with Crippen molar-refractivity contribution < 1.29 is 49.3 Å². The van der Waals surface area contributed by atoms with Crippen molar-refractivity contribution in [3.8, 4) is 0 Å². The van der Waals surface area contributed by atoms with E-state index in [0.717, 1.165) is 77.0 Å². The number of carbonyl (C=O) groups excluding carboxylic acids is 2. The second-order valence-corrected chi connectivity index (χ2v) is 21.4. The van der Waals surface area contributed by atoms with Gasteiger partial charge in [-0.2, -0.15) is 0 Å². The molecule has 8 atom stereocenters. The summed E-state index contributed by atoms with van der Waals surface area (Å²) in [5.74, 6) is -1.20. The molecule has 8 unspecified atom stereocenters. The number of esters is 1.